The molecule has 1 aliphatic rings. The number of aromatic nitrogens is 3. The van der Waals surface area contributed by atoms with Crippen LogP contribution in [0.3, 0.4) is 0 Å². The molecule has 0 bridgehead atoms. The monoisotopic (exact) mass is 497 g/mol. The van der Waals surface area contributed by atoms with Gasteiger partial charge < -0.3 is 31.5 Å². The van der Waals surface area contributed by atoms with Gasteiger partial charge in [0.05, 0.1) is 29.0 Å². The Morgan fingerprint density at radius 3 is 2.71 bits per heavy atom. The molecule has 35 heavy (non-hydrogen) atoms. The van der Waals surface area contributed by atoms with E-state index in [-0.39, 0.29) is 31.3 Å². The summed E-state index contributed by atoms with van der Waals surface area (Å²) in [7, 11) is 0. The Balaban J connectivity index is 1.63. The predicted octanol–water partition coefficient (Wildman–Crippen LogP) is 2.81. The number of hydrogen-bond acceptors (Lipinski definition) is 9. The number of nitrogens with zero attached hydrogens (tertiary/aromatic N) is 3. The number of carbonyl (C=O) groups excluding carboxylic acids is 1. The maximum Gasteiger partial charge on any atom is 0.315 e. The zero-order valence-corrected chi connectivity index (χ0v) is 20.6. The molecule has 0 spiro atoms. The average molecular weight is 498 g/mol. The molecule has 3 aromatic rings. The number of carbonyl (C=O) groups is 1. The maximum atomic E-state index is 12.2. The lowest BCUT2D eigenvalue weighted by molar-refractivity contribution is 0.105. The van der Waals surface area contributed by atoms with E-state index in [1.54, 1.807) is 6.20 Å². The first-order valence-electron chi connectivity index (χ1n) is 11.7. The van der Waals surface area contributed by atoms with Crippen LogP contribution in [-0.2, 0) is 6.54 Å². The summed E-state index contributed by atoms with van der Waals surface area (Å²) >= 11 is 1.49. The molecule has 1 aliphatic carbocycles. The summed E-state index contributed by atoms with van der Waals surface area (Å²) in [6.45, 7) is 4.19. The first-order valence-corrected chi connectivity index (χ1v) is 12.5. The highest BCUT2D eigenvalue weighted by Crippen LogP contribution is 2.32. The topological polar surface area (TPSA) is 144 Å². The Kier molecular flexibility index (Phi) is 8.11. The minimum atomic E-state index is -0.933. The lowest BCUT2D eigenvalue weighted by atomic mass is 10.0. The van der Waals surface area contributed by atoms with E-state index in [4.69, 9.17) is 5.11 Å². The van der Waals surface area contributed by atoms with E-state index in [0.717, 1.165) is 34.0 Å². The second-order valence-corrected chi connectivity index (χ2v) is 9.80. The van der Waals surface area contributed by atoms with Gasteiger partial charge in [-0.1, -0.05) is 35.6 Å². The van der Waals surface area contributed by atoms with E-state index in [0.29, 0.717) is 23.9 Å². The van der Waals surface area contributed by atoms with Crippen LogP contribution in [0.1, 0.15) is 32.3 Å². The van der Waals surface area contributed by atoms with Crippen molar-refractivity contribution in [2.75, 3.05) is 23.8 Å². The Hall–Kier alpha value is -3.28. The summed E-state index contributed by atoms with van der Waals surface area (Å²) < 4.78 is 0. The van der Waals surface area contributed by atoms with E-state index in [9.17, 15) is 9.90 Å². The third kappa shape index (κ3) is 7.10. The molecule has 4 rings (SSSR count). The van der Waals surface area contributed by atoms with Crippen molar-refractivity contribution in [2.24, 2.45) is 0 Å². The van der Waals surface area contributed by atoms with Crippen LogP contribution in [0.4, 0.5) is 15.9 Å². The van der Waals surface area contributed by atoms with Crippen LogP contribution >= 0.6 is 11.3 Å². The molecule has 11 heteroatoms. The van der Waals surface area contributed by atoms with Gasteiger partial charge in [-0.05, 0) is 38.3 Å². The first kappa shape index (κ1) is 24.8. The average Bonchev–Trinajstić information content (AvgIpc) is 3.55. The van der Waals surface area contributed by atoms with Crippen molar-refractivity contribution in [3.63, 3.8) is 0 Å². The van der Waals surface area contributed by atoms with Crippen molar-refractivity contribution in [1.29, 1.82) is 0 Å². The molecule has 1 atom stereocenters. The Morgan fingerprint density at radius 1 is 1.20 bits per heavy atom. The minimum Gasteiger partial charge on any atom is -0.394 e. The summed E-state index contributed by atoms with van der Waals surface area (Å²) in [6, 6.07) is 10.00. The van der Waals surface area contributed by atoms with E-state index < -0.39 is 6.10 Å². The highest BCUT2D eigenvalue weighted by Gasteiger charge is 2.23. The Morgan fingerprint density at radius 2 is 1.97 bits per heavy atom. The Bertz CT molecular complexity index is 1150. The summed E-state index contributed by atoms with van der Waals surface area (Å²) in [6.07, 6.45) is 2.89. The number of aliphatic hydroxyl groups excluding tert-OH is 2. The zero-order valence-electron chi connectivity index (χ0n) is 19.8. The van der Waals surface area contributed by atoms with Crippen molar-refractivity contribution >= 4 is 28.4 Å². The summed E-state index contributed by atoms with van der Waals surface area (Å²) in [5.74, 6) is 0.325. The van der Waals surface area contributed by atoms with Gasteiger partial charge in [-0.25, -0.2) is 19.7 Å². The molecule has 0 unspecified atom stereocenters. The molecule has 2 heterocycles. The van der Waals surface area contributed by atoms with Crippen LogP contribution < -0.4 is 21.3 Å². The second kappa shape index (κ2) is 11.4. The van der Waals surface area contributed by atoms with Crippen molar-refractivity contribution in [3.8, 4) is 21.8 Å². The van der Waals surface area contributed by atoms with E-state index in [2.05, 4.69) is 36.2 Å². The number of rotatable bonds is 11. The lowest BCUT2D eigenvalue weighted by Gasteiger charge is -2.14. The van der Waals surface area contributed by atoms with Crippen molar-refractivity contribution in [1.82, 2.24) is 25.6 Å². The number of aliphatic hydroxyl groups is 2. The van der Waals surface area contributed by atoms with Crippen molar-refractivity contribution < 1.29 is 15.0 Å². The number of benzene rings is 1. The molecule has 1 aromatic carbocycles. The van der Waals surface area contributed by atoms with Gasteiger partial charge in [0.1, 0.15) is 0 Å². The van der Waals surface area contributed by atoms with Gasteiger partial charge in [0.15, 0.2) is 5.13 Å². The smallest absolute Gasteiger partial charge is 0.315 e. The van der Waals surface area contributed by atoms with Crippen LogP contribution in [0.15, 0.2) is 36.5 Å². The number of anilines is 2. The van der Waals surface area contributed by atoms with Gasteiger partial charge in [0.25, 0.3) is 0 Å². The molecule has 0 radical (unpaired) electrons. The molecule has 2 amide bonds. The van der Waals surface area contributed by atoms with Crippen LogP contribution in [0.25, 0.3) is 21.8 Å². The molecule has 10 nitrogen and oxygen atoms in total. The molecule has 1 saturated carbocycles. The largest absolute Gasteiger partial charge is 0.394 e. The predicted molar refractivity (Wildman–Crippen MR) is 137 cm³/mol. The normalized spacial score (nSPS) is 14.0. The van der Waals surface area contributed by atoms with Gasteiger partial charge in [-0.15, -0.1) is 0 Å². The van der Waals surface area contributed by atoms with E-state index >= 15 is 0 Å². The molecule has 0 saturated heterocycles. The third-order valence-electron chi connectivity index (χ3n) is 5.25. The zero-order chi connectivity index (χ0) is 24.8. The number of hydrogen-bond donors (Lipinski definition) is 6. The summed E-state index contributed by atoms with van der Waals surface area (Å²) in [5.41, 5.74) is 3.12. The fourth-order valence-corrected chi connectivity index (χ4v) is 4.26. The van der Waals surface area contributed by atoms with E-state index in [1.165, 1.54) is 11.3 Å². The van der Waals surface area contributed by atoms with Crippen LogP contribution in [-0.4, -0.2) is 62.5 Å². The highest BCUT2D eigenvalue weighted by molar-refractivity contribution is 7.18. The van der Waals surface area contributed by atoms with Crippen LogP contribution in [0, 0.1) is 0 Å². The van der Waals surface area contributed by atoms with Crippen LogP contribution in [0.2, 0.25) is 0 Å². The third-order valence-corrected chi connectivity index (χ3v) is 6.20. The van der Waals surface area contributed by atoms with Gasteiger partial charge in [0.2, 0.25) is 5.95 Å². The van der Waals surface area contributed by atoms with Crippen molar-refractivity contribution in [3.05, 3.63) is 42.1 Å². The molecule has 0 aliphatic heterocycles. The number of urea groups is 1. The number of thiazole rings is 1. The maximum absolute atomic E-state index is 12.2. The Labute approximate surface area is 208 Å². The second-order valence-electron chi connectivity index (χ2n) is 8.77. The molecular weight excluding hydrogens is 466 g/mol. The molecule has 1 fully saturated rings. The standard InChI is InChI=1S/C24H31N7O3S/c1-14(2)28-24-27-12-21(35-24)20-9-19(30-22(31-20)25-11-17(33)13-32)18-6-4-3-5-15(18)10-26-23(34)29-16-7-8-16/h3-6,9,12,14,16-17,32-33H,7-8,10-11,13H2,1-2H3,(H,27,28)(H,25,30,31)(H2,26,29,34)/t17-/m1/s1. The fourth-order valence-electron chi connectivity index (χ4n) is 3.33. The number of amides is 2. The SMILES string of the molecule is CC(C)Nc1ncc(-c2cc(-c3ccccc3CNC(=O)NC3CC3)nc(NC[C@@H](O)CO)n2)s1. The number of nitrogens with one attached hydrogen (secondary N) is 4. The molecular formula is C24H31N7O3S. The van der Waals surface area contributed by atoms with Gasteiger partial charge in [-0.3, -0.25) is 0 Å². The summed E-state index contributed by atoms with van der Waals surface area (Å²) in [4.78, 5) is 26.7. The van der Waals surface area contributed by atoms with Gasteiger partial charge in [-0.2, -0.15) is 0 Å². The van der Waals surface area contributed by atoms with Crippen LogP contribution in [0.5, 0.6) is 0 Å². The highest BCUT2D eigenvalue weighted by atomic mass is 32.1. The molecule has 2 aromatic heterocycles. The van der Waals surface area contributed by atoms with E-state index in [1.807, 2.05) is 44.2 Å². The summed E-state index contributed by atoms with van der Waals surface area (Å²) in [5, 5.41) is 31.9. The molecule has 6 N–H and O–H groups in total. The molecule has 186 valence electrons. The van der Waals surface area contributed by atoms with Gasteiger partial charge in [0, 0.05) is 36.9 Å². The van der Waals surface area contributed by atoms with Crippen molar-refractivity contribution in [2.45, 2.75) is 51.4 Å². The first-order chi connectivity index (χ1) is 16.9. The van der Waals surface area contributed by atoms with Gasteiger partial charge >= 0.3 is 6.03 Å². The minimum absolute atomic E-state index is 0.104. The quantitative estimate of drug-likeness (QED) is 0.237. The fraction of sp³-hybridized carbons (Fsp3) is 0.417. The lowest BCUT2D eigenvalue weighted by Crippen LogP contribution is -2.36.